The van der Waals surface area contributed by atoms with Crippen molar-refractivity contribution in [2.75, 3.05) is 13.7 Å². The van der Waals surface area contributed by atoms with Gasteiger partial charge in [0.05, 0.1) is 18.4 Å². The molecule has 5 nitrogen and oxygen atoms in total. The van der Waals surface area contributed by atoms with E-state index in [9.17, 15) is 0 Å². The lowest BCUT2D eigenvalue weighted by atomic mass is 10.0. The molecule has 0 unspecified atom stereocenters. The van der Waals surface area contributed by atoms with Crippen LogP contribution in [-0.2, 0) is 13.6 Å². The summed E-state index contributed by atoms with van der Waals surface area (Å²) < 4.78 is 7.07. The first-order valence-corrected chi connectivity index (χ1v) is 5.83. The summed E-state index contributed by atoms with van der Waals surface area (Å²) in [6, 6.07) is 0. The van der Waals surface area contributed by atoms with E-state index in [1.807, 2.05) is 14.0 Å². The molecule has 1 rings (SSSR count). The van der Waals surface area contributed by atoms with E-state index in [-0.39, 0.29) is 12.1 Å². The maximum atomic E-state index is 8.98. The SMILES string of the molecule is COc1c(CNC(C)(C)CCO)c(C)nn1C. The van der Waals surface area contributed by atoms with Crippen molar-refractivity contribution < 1.29 is 9.84 Å². The minimum absolute atomic E-state index is 0.0952. The Hall–Kier alpha value is -1.07. The second-order valence-corrected chi connectivity index (χ2v) is 4.91. The maximum Gasteiger partial charge on any atom is 0.216 e. The highest BCUT2D eigenvalue weighted by Gasteiger charge is 2.19. The molecule has 98 valence electrons. The number of methoxy groups -OCH3 is 1. The second-order valence-electron chi connectivity index (χ2n) is 4.91. The molecule has 0 amide bonds. The Labute approximate surface area is 103 Å². The van der Waals surface area contributed by atoms with Crippen molar-refractivity contribution in [3.63, 3.8) is 0 Å². The summed E-state index contributed by atoms with van der Waals surface area (Å²) in [6.07, 6.45) is 0.717. The van der Waals surface area contributed by atoms with Crippen LogP contribution >= 0.6 is 0 Å². The summed E-state index contributed by atoms with van der Waals surface area (Å²) in [5.74, 6) is 0.787. The Balaban J connectivity index is 2.75. The molecule has 5 heteroatoms. The monoisotopic (exact) mass is 241 g/mol. The number of aliphatic hydroxyl groups excluding tert-OH is 1. The van der Waals surface area contributed by atoms with Crippen LogP contribution < -0.4 is 10.1 Å². The summed E-state index contributed by atoms with van der Waals surface area (Å²) >= 11 is 0. The van der Waals surface area contributed by atoms with Crippen LogP contribution in [-0.4, -0.2) is 34.1 Å². The minimum Gasteiger partial charge on any atom is -0.481 e. The molecule has 0 aromatic carbocycles. The first kappa shape index (κ1) is 14.0. The van der Waals surface area contributed by atoms with Gasteiger partial charge in [-0.15, -0.1) is 0 Å². The number of hydrogen-bond donors (Lipinski definition) is 2. The molecule has 0 aliphatic heterocycles. The van der Waals surface area contributed by atoms with Crippen LogP contribution in [0, 0.1) is 6.92 Å². The summed E-state index contributed by atoms with van der Waals surface area (Å²) in [4.78, 5) is 0. The van der Waals surface area contributed by atoms with Gasteiger partial charge in [-0.2, -0.15) is 5.10 Å². The van der Waals surface area contributed by atoms with Crippen molar-refractivity contribution in [3.8, 4) is 5.88 Å². The minimum atomic E-state index is -0.0952. The molecule has 17 heavy (non-hydrogen) atoms. The predicted molar refractivity (Wildman–Crippen MR) is 67.1 cm³/mol. The molecule has 2 N–H and O–H groups in total. The lowest BCUT2D eigenvalue weighted by Crippen LogP contribution is -2.39. The number of aliphatic hydroxyl groups is 1. The lowest BCUT2D eigenvalue weighted by molar-refractivity contribution is 0.229. The molecule has 0 saturated heterocycles. The quantitative estimate of drug-likeness (QED) is 0.779. The number of nitrogens with one attached hydrogen (secondary N) is 1. The number of hydrogen-bond acceptors (Lipinski definition) is 4. The van der Waals surface area contributed by atoms with Gasteiger partial charge in [0, 0.05) is 25.7 Å². The van der Waals surface area contributed by atoms with Gasteiger partial charge in [0.15, 0.2) is 0 Å². The van der Waals surface area contributed by atoms with Crippen LogP contribution in [0.15, 0.2) is 0 Å². The molecule has 0 radical (unpaired) electrons. The number of nitrogens with zero attached hydrogens (tertiary/aromatic N) is 2. The fraction of sp³-hybridized carbons (Fsp3) is 0.750. The highest BCUT2D eigenvalue weighted by Crippen LogP contribution is 2.21. The van der Waals surface area contributed by atoms with Crippen molar-refractivity contribution in [2.45, 2.75) is 39.3 Å². The molecular weight excluding hydrogens is 218 g/mol. The van der Waals surface area contributed by atoms with Gasteiger partial charge in [-0.1, -0.05) is 0 Å². The van der Waals surface area contributed by atoms with Crippen molar-refractivity contribution in [3.05, 3.63) is 11.3 Å². The van der Waals surface area contributed by atoms with Crippen LogP contribution in [0.4, 0.5) is 0 Å². The van der Waals surface area contributed by atoms with Crippen molar-refractivity contribution in [1.29, 1.82) is 0 Å². The van der Waals surface area contributed by atoms with Crippen LogP contribution in [0.25, 0.3) is 0 Å². The third kappa shape index (κ3) is 3.44. The van der Waals surface area contributed by atoms with Gasteiger partial charge in [-0.05, 0) is 27.2 Å². The normalized spacial score (nSPS) is 11.9. The Bertz CT molecular complexity index is 372. The smallest absolute Gasteiger partial charge is 0.216 e. The largest absolute Gasteiger partial charge is 0.481 e. The summed E-state index contributed by atoms with van der Waals surface area (Å²) in [6.45, 7) is 6.99. The van der Waals surface area contributed by atoms with Crippen LogP contribution in [0.3, 0.4) is 0 Å². The van der Waals surface area contributed by atoms with Crippen LogP contribution in [0.1, 0.15) is 31.5 Å². The zero-order chi connectivity index (χ0) is 13.1. The predicted octanol–water partition coefficient (Wildman–Crippen LogP) is 0.988. The molecule has 0 spiro atoms. The summed E-state index contributed by atoms with van der Waals surface area (Å²) in [5.41, 5.74) is 1.94. The Morgan fingerprint density at radius 1 is 1.47 bits per heavy atom. The lowest BCUT2D eigenvalue weighted by Gasteiger charge is -2.25. The average Bonchev–Trinajstić information content (AvgIpc) is 2.49. The van der Waals surface area contributed by atoms with E-state index in [1.165, 1.54) is 0 Å². The van der Waals surface area contributed by atoms with E-state index in [2.05, 4.69) is 24.3 Å². The van der Waals surface area contributed by atoms with E-state index in [1.54, 1.807) is 11.8 Å². The Morgan fingerprint density at radius 2 is 2.12 bits per heavy atom. The van der Waals surface area contributed by atoms with E-state index in [0.29, 0.717) is 13.0 Å². The maximum absolute atomic E-state index is 8.98. The van der Waals surface area contributed by atoms with Crippen molar-refractivity contribution in [2.24, 2.45) is 7.05 Å². The third-order valence-electron chi connectivity index (χ3n) is 2.96. The topological polar surface area (TPSA) is 59.3 Å². The van der Waals surface area contributed by atoms with Gasteiger partial charge in [-0.3, -0.25) is 0 Å². The number of ether oxygens (including phenoxy) is 1. The van der Waals surface area contributed by atoms with Gasteiger partial charge in [-0.25, -0.2) is 4.68 Å². The third-order valence-corrected chi connectivity index (χ3v) is 2.96. The molecule has 0 bridgehead atoms. The van der Waals surface area contributed by atoms with Gasteiger partial charge < -0.3 is 15.2 Å². The molecular formula is C12H23N3O2. The van der Waals surface area contributed by atoms with Crippen molar-refractivity contribution >= 4 is 0 Å². The fourth-order valence-electron chi connectivity index (χ4n) is 1.84. The highest BCUT2D eigenvalue weighted by molar-refractivity contribution is 5.30. The van der Waals surface area contributed by atoms with Crippen molar-refractivity contribution in [1.82, 2.24) is 15.1 Å². The molecule has 1 aromatic heterocycles. The summed E-state index contributed by atoms with van der Waals surface area (Å²) in [5, 5.41) is 16.7. The van der Waals surface area contributed by atoms with Gasteiger partial charge in [0.25, 0.3) is 0 Å². The molecule has 0 atom stereocenters. The molecule has 0 fully saturated rings. The molecule has 0 aliphatic carbocycles. The van der Waals surface area contributed by atoms with Gasteiger partial charge in [0.2, 0.25) is 5.88 Å². The zero-order valence-corrected chi connectivity index (χ0v) is 11.4. The van der Waals surface area contributed by atoms with E-state index >= 15 is 0 Å². The Kier molecular flexibility index (Phi) is 4.54. The fourth-order valence-corrected chi connectivity index (χ4v) is 1.84. The highest BCUT2D eigenvalue weighted by atomic mass is 16.5. The first-order chi connectivity index (χ1) is 7.91. The van der Waals surface area contributed by atoms with Gasteiger partial charge >= 0.3 is 0 Å². The zero-order valence-electron chi connectivity index (χ0n) is 11.4. The van der Waals surface area contributed by atoms with Crippen LogP contribution in [0.5, 0.6) is 5.88 Å². The molecule has 1 aromatic rings. The Morgan fingerprint density at radius 3 is 2.65 bits per heavy atom. The molecule has 0 aliphatic rings. The second kappa shape index (κ2) is 5.51. The molecule has 0 saturated carbocycles. The number of aryl methyl sites for hydroxylation is 2. The number of rotatable bonds is 6. The van der Waals surface area contributed by atoms with E-state index in [4.69, 9.17) is 9.84 Å². The van der Waals surface area contributed by atoms with Crippen LogP contribution in [0.2, 0.25) is 0 Å². The van der Waals surface area contributed by atoms with Gasteiger partial charge in [0.1, 0.15) is 0 Å². The number of aromatic nitrogens is 2. The average molecular weight is 241 g/mol. The first-order valence-electron chi connectivity index (χ1n) is 5.83. The summed E-state index contributed by atoms with van der Waals surface area (Å²) in [7, 11) is 3.52. The molecule has 1 heterocycles. The van der Waals surface area contributed by atoms with E-state index < -0.39 is 0 Å². The standard InChI is InChI=1S/C12H23N3O2/c1-9-10(11(17-5)15(4)14-9)8-13-12(2,3)6-7-16/h13,16H,6-8H2,1-5H3. The van der Waals surface area contributed by atoms with E-state index in [0.717, 1.165) is 17.1 Å².